The van der Waals surface area contributed by atoms with Crippen LogP contribution in [0.15, 0.2) is 65.2 Å². The van der Waals surface area contributed by atoms with Gasteiger partial charge in [-0.25, -0.2) is 9.78 Å². The second-order valence-electron chi connectivity index (χ2n) is 11.6. The Balaban J connectivity index is 1.26. The first-order chi connectivity index (χ1) is 20.8. The van der Waals surface area contributed by atoms with E-state index in [0.29, 0.717) is 24.6 Å². The van der Waals surface area contributed by atoms with Crippen molar-refractivity contribution < 1.29 is 24.2 Å². The van der Waals surface area contributed by atoms with Crippen LogP contribution in [0.5, 0.6) is 5.19 Å². The maximum atomic E-state index is 14.2. The molecule has 1 saturated heterocycles. The molecule has 1 saturated carbocycles. The van der Waals surface area contributed by atoms with E-state index in [0.717, 1.165) is 45.9 Å². The van der Waals surface area contributed by atoms with E-state index < -0.39 is 35.6 Å². The van der Waals surface area contributed by atoms with Crippen LogP contribution < -0.4 is 15.4 Å². The zero-order valence-corrected chi connectivity index (χ0v) is 26.1. The van der Waals surface area contributed by atoms with Gasteiger partial charge in [0.05, 0.1) is 22.8 Å². The molecule has 226 valence electrons. The van der Waals surface area contributed by atoms with Crippen LogP contribution in [0, 0.1) is 5.92 Å². The van der Waals surface area contributed by atoms with Gasteiger partial charge in [-0.2, -0.15) is 0 Å². The molecule has 2 fully saturated rings. The molecule has 1 aromatic heterocycles. The number of hydrogen-bond donors (Lipinski definition) is 3. The minimum Gasteiger partial charge on any atom is -0.479 e. The lowest BCUT2D eigenvalue weighted by Gasteiger charge is -2.29. The van der Waals surface area contributed by atoms with E-state index in [9.17, 15) is 19.5 Å². The maximum absolute atomic E-state index is 14.2. The molecular weight excluding hydrogens is 632 g/mol. The molecule has 6 rings (SSSR count). The van der Waals surface area contributed by atoms with Crippen molar-refractivity contribution in [3.63, 3.8) is 0 Å². The van der Waals surface area contributed by atoms with Crippen molar-refractivity contribution in [2.24, 2.45) is 5.92 Å². The Bertz CT molecular complexity index is 1530. The minimum atomic E-state index is -1.34. The summed E-state index contributed by atoms with van der Waals surface area (Å²) in [6.45, 7) is 0.735. The van der Waals surface area contributed by atoms with Crippen molar-refractivity contribution in [2.75, 3.05) is 6.54 Å². The molecule has 9 nitrogen and oxygen atoms in total. The first-order valence-electron chi connectivity index (χ1n) is 14.8. The molecule has 1 aliphatic carbocycles. The number of benzene rings is 2. The number of carboxylic acid groups (broad SMARTS) is 1. The first-order valence-corrected chi connectivity index (χ1v) is 16.5. The number of hydrogen-bond acceptors (Lipinski definition) is 7. The summed E-state index contributed by atoms with van der Waals surface area (Å²) in [6, 6.07) is 14.4. The quantitative estimate of drug-likeness (QED) is 0.315. The largest absolute Gasteiger partial charge is 0.479 e. The molecule has 43 heavy (non-hydrogen) atoms. The number of ether oxygens (including phenoxy) is 1. The second-order valence-corrected chi connectivity index (χ2v) is 13.5. The van der Waals surface area contributed by atoms with E-state index in [1.165, 1.54) is 11.3 Å². The van der Waals surface area contributed by atoms with Gasteiger partial charge in [-0.1, -0.05) is 82.6 Å². The monoisotopic (exact) mass is 666 g/mol. The van der Waals surface area contributed by atoms with Crippen LogP contribution >= 0.6 is 27.3 Å². The molecule has 0 spiro atoms. The van der Waals surface area contributed by atoms with E-state index in [1.807, 2.05) is 60.7 Å². The first kappa shape index (κ1) is 29.8. The summed E-state index contributed by atoms with van der Waals surface area (Å²) in [6.07, 6.45) is 8.33. The number of thiazole rings is 1. The number of nitrogens with one attached hydrogen (secondary N) is 2. The summed E-state index contributed by atoms with van der Waals surface area (Å²) in [5.74, 6) is -1.94. The number of aromatic nitrogens is 1. The Morgan fingerprint density at radius 2 is 2.02 bits per heavy atom. The van der Waals surface area contributed by atoms with E-state index in [2.05, 4.69) is 31.5 Å². The highest BCUT2D eigenvalue weighted by atomic mass is 79.9. The lowest BCUT2D eigenvalue weighted by molar-refractivity contribution is -0.145. The molecule has 3 N–H and O–H groups in total. The van der Waals surface area contributed by atoms with Gasteiger partial charge in [-0.15, -0.1) is 0 Å². The highest BCUT2D eigenvalue weighted by Gasteiger charge is 2.61. The molecule has 0 unspecified atom stereocenters. The van der Waals surface area contributed by atoms with Gasteiger partial charge in [-0.3, -0.25) is 9.59 Å². The van der Waals surface area contributed by atoms with Crippen molar-refractivity contribution in [3.05, 3.63) is 70.7 Å². The molecule has 3 aromatic rings. The number of carbonyl (C=O) groups is 3. The number of nitrogens with zero attached hydrogens (tertiary/aromatic N) is 2. The van der Waals surface area contributed by atoms with Crippen molar-refractivity contribution in [2.45, 2.75) is 75.2 Å². The molecule has 11 heteroatoms. The number of carboxylic acids is 1. The third kappa shape index (κ3) is 6.63. The van der Waals surface area contributed by atoms with Crippen molar-refractivity contribution in [1.82, 2.24) is 20.5 Å². The van der Waals surface area contributed by atoms with Gasteiger partial charge >= 0.3 is 5.97 Å². The Hall–Kier alpha value is -3.28. The summed E-state index contributed by atoms with van der Waals surface area (Å²) in [7, 11) is 0. The Labute approximate surface area is 262 Å². The minimum absolute atomic E-state index is 0.167. The molecule has 2 amide bonds. The lowest BCUT2D eigenvalue weighted by Crippen LogP contribution is -2.55. The molecule has 0 radical (unpaired) electrons. The van der Waals surface area contributed by atoms with E-state index >= 15 is 0 Å². The van der Waals surface area contributed by atoms with Crippen LogP contribution in [0.3, 0.4) is 0 Å². The second kappa shape index (κ2) is 12.8. The number of rotatable bonds is 6. The molecule has 5 atom stereocenters. The average Bonchev–Trinajstić information content (AvgIpc) is 3.31. The smallest absolute Gasteiger partial charge is 0.330 e. The van der Waals surface area contributed by atoms with Gasteiger partial charge < -0.3 is 25.4 Å². The van der Waals surface area contributed by atoms with Crippen LogP contribution in [0.1, 0.15) is 50.5 Å². The lowest BCUT2D eigenvalue weighted by atomic mass is 10.0. The summed E-state index contributed by atoms with van der Waals surface area (Å²) in [4.78, 5) is 46.5. The third-order valence-corrected chi connectivity index (χ3v) is 10.0. The fourth-order valence-corrected chi connectivity index (χ4v) is 7.54. The highest BCUT2D eigenvalue weighted by Crippen LogP contribution is 2.45. The summed E-state index contributed by atoms with van der Waals surface area (Å²) in [5.41, 5.74) is 0.539. The van der Waals surface area contributed by atoms with Crippen LogP contribution in [0.4, 0.5) is 0 Å². The number of amides is 2. The number of carbonyl (C=O) groups excluding carboxylic acids is 2. The number of fused-ring (bicyclic) bond motifs is 3. The topological polar surface area (TPSA) is 121 Å². The van der Waals surface area contributed by atoms with Gasteiger partial charge in [0.15, 0.2) is 0 Å². The maximum Gasteiger partial charge on any atom is 0.330 e. The Kier molecular flexibility index (Phi) is 8.83. The highest BCUT2D eigenvalue weighted by molar-refractivity contribution is 9.10. The zero-order chi connectivity index (χ0) is 30.0. The number of allylic oxidation sites excluding steroid dienone is 1. The summed E-state index contributed by atoms with van der Waals surface area (Å²) < 4.78 is 8.19. The van der Waals surface area contributed by atoms with Gasteiger partial charge in [0.1, 0.15) is 17.7 Å². The molecule has 3 aliphatic rings. The Morgan fingerprint density at radius 1 is 1.19 bits per heavy atom. The van der Waals surface area contributed by atoms with Gasteiger partial charge in [0, 0.05) is 23.4 Å². The number of halogens is 1. The van der Waals surface area contributed by atoms with Crippen molar-refractivity contribution in [1.29, 1.82) is 0 Å². The van der Waals surface area contributed by atoms with Crippen molar-refractivity contribution >= 4 is 55.3 Å². The normalized spacial score (nSPS) is 28.0. The van der Waals surface area contributed by atoms with E-state index in [-0.39, 0.29) is 24.8 Å². The third-order valence-electron chi connectivity index (χ3n) is 8.61. The average molecular weight is 668 g/mol. The standard InChI is InChI=1S/C32H35BrN4O5S/c33-22-13-14-24-27(15-22)43-31(35-24)42-23-16-26-28(38)36-32(30(40)41)17-21(32)11-7-2-1-3-8-12-25(29(39)37(26)19-23)34-18-20-9-5-4-6-10-20/h4-7,9-11,13-15,21,23,25-26,34H,1-3,8,12,16-19H2,(H,36,38)(H,40,41)/t21-,23-,25+,26+,32-/m1/s1. The molecule has 0 bridgehead atoms. The van der Waals surface area contributed by atoms with Gasteiger partial charge in [0.25, 0.3) is 5.19 Å². The zero-order valence-electron chi connectivity index (χ0n) is 23.7. The van der Waals surface area contributed by atoms with Crippen LogP contribution in [-0.4, -0.2) is 63.0 Å². The SMILES string of the molecule is O=C1N[C@]2(C(=O)O)C[C@H]2C=CCCCCC[C@H](NCc2ccccc2)C(=O)N2C[C@H](Oc3nc4ccc(Br)cc4s3)C[C@@H]12. The predicted molar refractivity (Wildman–Crippen MR) is 168 cm³/mol. The fraction of sp³-hybridized carbons (Fsp3) is 0.438. The molecule has 3 heterocycles. The molecule has 2 aromatic carbocycles. The van der Waals surface area contributed by atoms with E-state index in [1.54, 1.807) is 4.90 Å². The van der Waals surface area contributed by atoms with Gasteiger partial charge in [-0.05, 0) is 49.4 Å². The predicted octanol–water partition coefficient (Wildman–Crippen LogP) is 5.05. The van der Waals surface area contributed by atoms with Crippen LogP contribution in [0.25, 0.3) is 10.2 Å². The van der Waals surface area contributed by atoms with E-state index in [4.69, 9.17) is 4.74 Å². The molecule has 2 aliphatic heterocycles. The van der Waals surface area contributed by atoms with Gasteiger partial charge in [0.2, 0.25) is 11.8 Å². The Morgan fingerprint density at radius 3 is 2.84 bits per heavy atom. The summed E-state index contributed by atoms with van der Waals surface area (Å²) >= 11 is 4.90. The summed E-state index contributed by atoms with van der Waals surface area (Å²) in [5, 5.41) is 16.8. The fourth-order valence-electron chi connectivity index (χ4n) is 6.11. The van der Waals surface area contributed by atoms with Crippen LogP contribution in [0.2, 0.25) is 0 Å². The number of aliphatic carboxylic acids is 1. The van der Waals surface area contributed by atoms with Crippen molar-refractivity contribution in [3.8, 4) is 5.19 Å². The van der Waals surface area contributed by atoms with Crippen LogP contribution in [-0.2, 0) is 20.9 Å². The molecular formula is C32H35BrN4O5S.